The van der Waals surface area contributed by atoms with Gasteiger partial charge in [-0.2, -0.15) is 5.10 Å². The lowest BCUT2D eigenvalue weighted by Crippen LogP contribution is -2.24. The molecule has 0 saturated heterocycles. The molecule has 0 heterocycles. The fraction of sp³-hybridized carbons (Fsp3) is 0.0667. The van der Waals surface area contributed by atoms with Crippen molar-refractivity contribution in [1.29, 1.82) is 0 Å². The van der Waals surface area contributed by atoms with Crippen LogP contribution in [0.5, 0.6) is 11.5 Å². The topological polar surface area (TPSA) is 114 Å². The molecule has 0 spiro atoms. The molecule has 1 amide bonds. The Kier molecular flexibility index (Phi) is 5.85. The number of carbonyl (C=O) groups is 1. The average Bonchev–Trinajstić information content (AvgIpc) is 2.55. The van der Waals surface area contributed by atoms with E-state index in [0.29, 0.717) is 15.8 Å². The second-order valence-electron chi connectivity index (χ2n) is 4.55. The lowest BCUT2D eigenvalue weighted by molar-refractivity contribution is -0.384. The summed E-state index contributed by atoms with van der Waals surface area (Å²) in [6.45, 7) is -0.302. The highest BCUT2D eigenvalue weighted by Crippen LogP contribution is 2.28. The maximum absolute atomic E-state index is 11.6. The lowest BCUT2D eigenvalue weighted by atomic mass is 10.2. The summed E-state index contributed by atoms with van der Waals surface area (Å²) in [6, 6.07) is 10.2. The van der Waals surface area contributed by atoms with Crippen LogP contribution < -0.4 is 10.2 Å². The molecule has 0 saturated carbocycles. The number of benzene rings is 2. The van der Waals surface area contributed by atoms with E-state index in [2.05, 4.69) is 26.5 Å². The molecule has 0 aliphatic rings. The Labute approximate surface area is 145 Å². The number of nitrogens with one attached hydrogen (secondary N) is 1. The second kappa shape index (κ2) is 8.06. The minimum Gasteiger partial charge on any atom is -0.508 e. The number of hydrogen-bond acceptors (Lipinski definition) is 6. The van der Waals surface area contributed by atoms with E-state index in [9.17, 15) is 14.9 Å². The summed E-state index contributed by atoms with van der Waals surface area (Å²) < 4.78 is 5.64. The third-order valence-electron chi connectivity index (χ3n) is 2.78. The van der Waals surface area contributed by atoms with Crippen LogP contribution in [0.3, 0.4) is 0 Å². The maximum atomic E-state index is 11.6. The largest absolute Gasteiger partial charge is 0.508 e. The van der Waals surface area contributed by atoms with E-state index in [4.69, 9.17) is 9.84 Å². The highest BCUT2D eigenvalue weighted by molar-refractivity contribution is 9.10. The number of halogens is 1. The number of phenolic OH excluding ortho intramolecular Hbond substituents is 1. The molecule has 0 bridgehead atoms. The molecule has 124 valence electrons. The summed E-state index contributed by atoms with van der Waals surface area (Å²) in [5.74, 6) is -0.0493. The van der Waals surface area contributed by atoms with Crippen molar-refractivity contribution < 1.29 is 19.6 Å². The van der Waals surface area contributed by atoms with Crippen LogP contribution in [0.1, 0.15) is 5.56 Å². The summed E-state index contributed by atoms with van der Waals surface area (Å²) in [7, 11) is 0. The van der Waals surface area contributed by atoms with Crippen LogP contribution in [0.25, 0.3) is 0 Å². The summed E-state index contributed by atoms with van der Waals surface area (Å²) in [5.41, 5.74) is 2.90. The Morgan fingerprint density at radius 3 is 2.67 bits per heavy atom. The first kappa shape index (κ1) is 17.4. The fourth-order valence-electron chi connectivity index (χ4n) is 1.64. The third-order valence-corrected chi connectivity index (χ3v) is 3.40. The van der Waals surface area contributed by atoms with E-state index in [1.165, 1.54) is 36.5 Å². The summed E-state index contributed by atoms with van der Waals surface area (Å²) in [6.07, 6.45) is 1.42. The van der Waals surface area contributed by atoms with Gasteiger partial charge in [0.25, 0.3) is 11.6 Å². The molecule has 0 fully saturated rings. The van der Waals surface area contributed by atoms with Crippen molar-refractivity contribution >= 4 is 33.7 Å². The van der Waals surface area contributed by atoms with E-state index in [-0.39, 0.29) is 18.0 Å². The Morgan fingerprint density at radius 1 is 1.33 bits per heavy atom. The second-order valence-corrected chi connectivity index (χ2v) is 5.40. The quantitative estimate of drug-likeness (QED) is 0.444. The molecule has 8 nitrogen and oxygen atoms in total. The van der Waals surface area contributed by atoms with Crippen LogP contribution in [0.2, 0.25) is 0 Å². The van der Waals surface area contributed by atoms with Gasteiger partial charge in [0, 0.05) is 12.1 Å². The van der Waals surface area contributed by atoms with Gasteiger partial charge < -0.3 is 9.84 Å². The first-order valence-electron chi connectivity index (χ1n) is 6.63. The zero-order valence-corrected chi connectivity index (χ0v) is 13.8. The molecule has 2 rings (SSSR count). The van der Waals surface area contributed by atoms with Gasteiger partial charge in [-0.1, -0.05) is 0 Å². The van der Waals surface area contributed by atoms with Crippen molar-refractivity contribution in [3.63, 3.8) is 0 Å². The Morgan fingerprint density at radius 2 is 2.04 bits per heavy atom. The van der Waals surface area contributed by atoms with E-state index in [0.717, 1.165) is 0 Å². The van der Waals surface area contributed by atoms with E-state index < -0.39 is 10.8 Å². The van der Waals surface area contributed by atoms with Gasteiger partial charge in [-0.15, -0.1) is 0 Å². The molecule has 0 aliphatic heterocycles. The minimum absolute atomic E-state index is 0.0859. The van der Waals surface area contributed by atoms with Crippen LogP contribution in [0.4, 0.5) is 5.69 Å². The molecule has 0 aromatic heterocycles. The molecule has 0 atom stereocenters. The first-order chi connectivity index (χ1) is 11.5. The van der Waals surface area contributed by atoms with Crippen LogP contribution in [-0.4, -0.2) is 28.8 Å². The SMILES string of the molecule is O=C(COc1ccc([N+](=O)[O-])cc1Br)N/N=C/c1ccc(O)cc1. The smallest absolute Gasteiger partial charge is 0.277 e. The zero-order chi connectivity index (χ0) is 17.5. The summed E-state index contributed by atoms with van der Waals surface area (Å²) in [5, 5.41) is 23.5. The van der Waals surface area contributed by atoms with Gasteiger partial charge in [-0.3, -0.25) is 14.9 Å². The van der Waals surface area contributed by atoms with E-state index in [1.54, 1.807) is 12.1 Å². The highest BCUT2D eigenvalue weighted by Gasteiger charge is 2.11. The number of amides is 1. The fourth-order valence-corrected chi connectivity index (χ4v) is 2.12. The normalized spacial score (nSPS) is 10.5. The number of nitro benzene ring substituents is 1. The molecule has 0 unspecified atom stereocenters. The molecule has 0 radical (unpaired) electrons. The lowest BCUT2D eigenvalue weighted by Gasteiger charge is -2.06. The van der Waals surface area contributed by atoms with Crippen molar-refractivity contribution in [1.82, 2.24) is 5.43 Å². The first-order valence-corrected chi connectivity index (χ1v) is 7.42. The number of nitro groups is 1. The van der Waals surface area contributed by atoms with Crippen LogP contribution in [0.15, 0.2) is 52.0 Å². The number of carbonyl (C=O) groups excluding carboxylic acids is 1. The van der Waals surface area contributed by atoms with Gasteiger partial charge in [0.1, 0.15) is 11.5 Å². The molecule has 2 aromatic carbocycles. The molecule has 2 N–H and O–H groups in total. The summed E-state index contributed by atoms with van der Waals surface area (Å²) >= 11 is 3.14. The van der Waals surface area contributed by atoms with Crippen molar-refractivity contribution in [3.05, 3.63) is 62.6 Å². The predicted molar refractivity (Wildman–Crippen MR) is 90.1 cm³/mol. The van der Waals surface area contributed by atoms with Crippen LogP contribution in [-0.2, 0) is 4.79 Å². The number of hydrogen-bond donors (Lipinski definition) is 2. The molecule has 2 aromatic rings. The van der Waals surface area contributed by atoms with Gasteiger partial charge in [-0.25, -0.2) is 5.43 Å². The Hall–Kier alpha value is -2.94. The maximum Gasteiger partial charge on any atom is 0.277 e. The third kappa shape index (κ3) is 5.06. The van der Waals surface area contributed by atoms with Crippen molar-refractivity contribution in [2.75, 3.05) is 6.61 Å². The van der Waals surface area contributed by atoms with Crippen LogP contribution >= 0.6 is 15.9 Å². The standard InChI is InChI=1S/C15H12BrN3O5/c16-13-7-11(19(22)23)3-6-14(13)24-9-15(21)18-17-8-10-1-4-12(20)5-2-10/h1-8,20H,9H2,(H,18,21)/b17-8+. The van der Waals surface area contributed by atoms with Gasteiger partial charge in [0.15, 0.2) is 6.61 Å². The van der Waals surface area contributed by atoms with Crippen molar-refractivity contribution in [2.24, 2.45) is 5.10 Å². The zero-order valence-electron chi connectivity index (χ0n) is 12.2. The van der Waals surface area contributed by atoms with E-state index >= 15 is 0 Å². The number of rotatable bonds is 6. The number of ether oxygens (including phenoxy) is 1. The summed E-state index contributed by atoms with van der Waals surface area (Å²) in [4.78, 5) is 21.7. The molecule has 9 heteroatoms. The van der Waals surface area contributed by atoms with Crippen molar-refractivity contribution in [2.45, 2.75) is 0 Å². The van der Waals surface area contributed by atoms with Gasteiger partial charge in [-0.05, 0) is 51.8 Å². The monoisotopic (exact) mass is 393 g/mol. The number of aromatic hydroxyl groups is 1. The molecule has 0 aliphatic carbocycles. The minimum atomic E-state index is -0.528. The number of nitrogens with zero attached hydrogens (tertiary/aromatic N) is 2. The Bertz CT molecular complexity index is 777. The number of hydrazone groups is 1. The number of phenols is 1. The molecular weight excluding hydrogens is 382 g/mol. The number of non-ortho nitro benzene ring substituents is 1. The molecular formula is C15H12BrN3O5. The highest BCUT2D eigenvalue weighted by atomic mass is 79.9. The van der Waals surface area contributed by atoms with E-state index in [1.807, 2.05) is 0 Å². The van der Waals surface area contributed by atoms with Gasteiger partial charge >= 0.3 is 0 Å². The average molecular weight is 394 g/mol. The predicted octanol–water partition coefficient (Wildman–Crippen LogP) is 2.59. The molecule has 24 heavy (non-hydrogen) atoms. The Balaban J connectivity index is 1.85. The van der Waals surface area contributed by atoms with Crippen LogP contribution in [0, 0.1) is 10.1 Å². The van der Waals surface area contributed by atoms with Gasteiger partial charge in [0.05, 0.1) is 15.6 Å². The van der Waals surface area contributed by atoms with Gasteiger partial charge in [0.2, 0.25) is 0 Å². The van der Waals surface area contributed by atoms with Crippen molar-refractivity contribution in [3.8, 4) is 11.5 Å².